The van der Waals surface area contributed by atoms with Crippen LogP contribution in [0.3, 0.4) is 0 Å². The predicted octanol–water partition coefficient (Wildman–Crippen LogP) is 2.03. The van der Waals surface area contributed by atoms with Gasteiger partial charge in [-0.3, -0.25) is 4.79 Å². The van der Waals surface area contributed by atoms with Gasteiger partial charge in [-0.05, 0) is 0 Å². The number of ether oxygens (including phenoxy) is 1. The van der Waals surface area contributed by atoms with E-state index < -0.39 is 0 Å². The molecular formula is C12H7NO2. The van der Waals surface area contributed by atoms with Crippen LogP contribution in [0.4, 0.5) is 0 Å². The zero-order valence-electron chi connectivity index (χ0n) is 7.81. The van der Waals surface area contributed by atoms with Gasteiger partial charge in [0.2, 0.25) is 5.78 Å². The van der Waals surface area contributed by atoms with E-state index in [0.717, 1.165) is 11.6 Å². The topological polar surface area (TPSA) is 50.1 Å². The standard InChI is InChI=1S/C12H7NO2/c13-7-6-11-10(14)8-12(15-11)9-4-2-1-3-5-9/h1-6,8H/b11-6-. The molecule has 15 heavy (non-hydrogen) atoms. The fourth-order valence-corrected chi connectivity index (χ4v) is 1.29. The molecule has 1 heterocycles. The summed E-state index contributed by atoms with van der Waals surface area (Å²) in [5, 5.41) is 8.42. The minimum atomic E-state index is -0.268. The summed E-state index contributed by atoms with van der Waals surface area (Å²) in [6.45, 7) is 0. The van der Waals surface area contributed by atoms with Crippen molar-refractivity contribution < 1.29 is 9.53 Å². The van der Waals surface area contributed by atoms with E-state index in [4.69, 9.17) is 10.00 Å². The first-order chi connectivity index (χ1) is 7.31. The maximum Gasteiger partial charge on any atom is 0.225 e. The van der Waals surface area contributed by atoms with Gasteiger partial charge >= 0.3 is 0 Å². The number of carbonyl (C=O) groups excluding carboxylic acids is 1. The van der Waals surface area contributed by atoms with E-state index >= 15 is 0 Å². The molecular weight excluding hydrogens is 190 g/mol. The van der Waals surface area contributed by atoms with Crippen molar-refractivity contribution in [1.29, 1.82) is 5.26 Å². The number of hydrogen-bond donors (Lipinski definition) is 0. The van der Waals surface area contributed by atoms with Crippen molar-refractivity contribution in [2.75, 3.05) is 0 Å². The Bertz CT molecular complexity index is 492. The molecule has 3 nitrogen and oxygen atoms in total. The molecule has 1 aliphatic rings. The molecule has 0 fully saturated rings. The van der Waals surface area contributed by atoms with Crippen LogP contribution in [0.2, 0.25) is 0 Å². The van der Waals surface area contributed by atoms with Gasteiger partial charge in [0.1, 0.15) is 5.76 Å². The lowest BCUT2D eigenvalue weighted by Gasteiger charge is -2.02. The van der Waals surface area contributed by atoms with Crippen molar-refractivity contribution in [1.82, 2.24) is 0 Å². The Labute approximate surface area is 86.9 Å². The Morgan fingerprint density at radius 3 is 2.67 bits per heavy atom. The first kappa shape index (κ1) is 9.22. The molecule has 1 aliphatic heterocycles. The highest BCUT2D eigenvalue weighted by atomic mass is 16.5. The van der Waals surface area contributed by atoms with Gasteiger partial charge < -0.3 is 4.74 Å². The van der Waals surface area contributed by atoms with E-state index in [1.807, 2.05) is 30.3 Å². The Hall–Kier alpha value is -2.34. The van der Waals surface area contributed by atoms with Gasteiger partial charge in [-0.2, -0.15) is 5.26 Å². The highest BCUT2D eigenvalue weighted by molar-refractivity contribution is 6.10. The molecule has 0 saturated carbocycles. The predicted molar refractivity (Wildman–Crippen MR) is 54.2 cm³/mol. The van der Waals surface area contributed by atoms with Gasteiger partial charge in [0.15, 0.2) is 5.76 Å². The van der Waals surface area contributed by atoms with Gasteiger partial charge in [0.25, 0.3) is 0 Å². The number of nitriles is 1. The van der Waals surface area contributed by atoms with Crippen molar-refractivity contribution in [2.24, 2.45) is 0 Å². The lowest BCUT2D eigenvalue weighted by atomic mass is 10.2. The number of ketones is 1. The van der Waals surface area contributed by atoms with E-state index in [1.54, 1.807) is 6.07 Å². The summed E-state index contributed by atoms with van der Waals surface area (Å²) in [5.41, 5.74) is 0.826. The summed E-state index contributed by atoms with van der Waals surface area (Å²) in [4.78, 5) is 11.3. The maximum absolute atomic E-state index is 11.3. The molecule has 1 aromatic carbocycles. The third-order valence-corrected chi connectivity index (χ3v) is 1.98. The van der Waals surface area contributed by atoms with E-state index in [0.29, 0.717) is 5.76 Å². The Morgan fingerprint density at radius 2 is 2.00 bits per heavy atom. The second-order valence-electron chi connectivity index (χ2n) is 2.98. The normalized spacial score (nSPS) is 17.1. The third-order valence-electron chi connectivity index (χ3n) is 1.98. The average molecular weight is 197 g/mol. The molecule has 0 saturated heterocycles. The molecule has 0 bridgehead atoms. The summed E-state index contributed by atoms with van der Waals surface area (Å²) < 4.78 is 5.25. The molecule has 72 valence electrons. The van der Waals surface area contributed by atoms with Crippen molar-refractivity contribution in [3.05, 3.63) is 53.8 Å². The van der Waals surface area contributed by atoms with Crippen molar-refractivity contribution in [3.8, 4) is 6.07 Å². The van der Waals surface area contributed by atoms with Crippen LogP contribution >= 0.6 is 0 Å². The quantitative estimate of drug-likeness (QED) is 0.511. The summed E-state index contributed by atoms with van der Waals surface area (Å²) in [5.74, 6) is 0.300. The van der Waals surface area contributed by atoms with Crippen LogP contribution in [-0.4, -0.2) is 5.78 Å². The second-order valence-corrected chi connectivity index (χ2v) is 2.98. The molecule has 3 heteroatoms. The third kappa shape index (κ3) is 1.79. The Balaban J connectivity index is 2.30. The van der Waals surface area contributed by atoms with Crippen molar-refractivity contribution in [2.45, 2.75) is 0 Å². The fraction of sp³-hybridized carbons (Fsp3) is 0. The number of rotatable bonds is 1. The summed E-state index contributed by atoms with van der Waals surface area (Å²) >= 11 is 0. The lowest BCUT2D eigenvalue weighted by molar-refractivity contribution is -0.112. The molecule has 0 N–H and O–H groups in total. The van der Waals surface area contributed by atoms with Gasteiger partial charge in [0.05, 0.1) is 12.1 Å². The van der Waals surface area contributed by atoms with Crippen LogP contribution in [0, 0.1) is 11.3 Å². The van der Waals surface area contributed by atoms with Crippen LogP contribution in [-0.2, 0) is 9.53 Å². The minimum Gasteiger partial charge on any atom is -0.452 e. The SMILES string of the molecule is N#C/C=C1\OC(c2ccccc2)=CC1=O. The van der Waals surface area contributed by atoms with E-state index in [9.17, 15) is 4.79 Å². The van der Waals surface area contributed by atoms with E-state index in [1.165, 1.54) is 6.08 Å². The molecule has 2 rings (SSSR count). The molecule has 0 unspecified atom stereocenters. The highest BCUT2D eigenvalue weighted by Crippen LogP contribution is 2.25. The van der Waals surface area contributed by atoms with Gasteiger partial charge in [-0.15, -0.1) is 0 Å². The Kier molecular flexibility index (Phi) is 2.34. The molecule has 0 radical (unpaired) electrons. The summed E-state index contributed by atoms with van der Waals surface area (Å²) in [7, 11) is 0. The maximum atomic E-state index is 11.3. The monoisotopic (exact) mass is 197 g/mol. The number of nitrogens with zero attached hydrogens (tertiary/aromatic N) is 1. The molecule has 0 atom stereocenters. The van der Waals surface area contributed by atoms with Gasteiger partial charge in [-0.25, -0.2) is 0 Å². The van der Waals surface area contributed by atoms with E-state index in [2.05, 4.69) is 0 Å². The van der Waals surface area contributed by atoms with Crippen molar-refractivity contribution in [3.63, 3.8) is 0 Å². The zero-order valence-corrected chi connectivity index (χ0v) is 7.81. The fourth-order valence-electron chi connectivity index (χ4n) is 1.29. The van der Waals surface area contributed by atoms with Crippen LogP contribution in [0.15, 0.2) is 48.2 Å². The number of allylic oxidation sites excluding steroid dienone is 2. The van der Waals surface area contributed by atoms with Crippen LogP contribution < -0.4 is 0 Å². The number of hydrogen-bond acceptors (Lipinski definition) is 3. The summed E-state index contributed by atoms with van der Waals surface area (Å²) in [6.07, 6.45) is 2.49. The van der Waals surface area contributed by atoms with Gasteiger partial charge in [-0.1, -0.05) is 30.3 Å². The smallest absolute Gasteiger partial charge is 0.225 e. The second kappa shape index (κ2) is 3.81. The lowest BCUT2D eigenvalue weighted by Crippen LogP contribution is -1.92. The Morgan fingerprint density at radius 1 is 1.27 bits per heavy atom. The molecule has 0 spiro atoms. The molecule has 0 aliphatic carbocycles. The van der Waals surface area contributed by atoms with Crippen LogP contribution in [0.25, 0.3) is 5.76 Å². The van der Waals surface area contributed by atoms with Crippen molar-refractivity contribution >= 4 is 11.5 Å². The minimum absolute atomic E-state index is 0.0800. The largest absolute Gasteiger partial charge is 0.452 e. The van der Waals surface area contributed by atoms with Crippen LogP contribution in [0.1, 0.15) is 5.56 Å². The van der Waals surface area contributed by atoms with Crippen LogP contribution in [0.5, 0.6) is 0 Å². The summed E-state index contributed by atoms with van der Waals surface area (Å²) in [6, 6.07) is 11.1. The van der Waals surface area contributed by atoms with E-state index in [-0.39, 0.29) is 11.5 Å². The molecule has 0 amide bonds. The first-order valence-corrected chi connectivity index (χ1v) is 4.40. The average Bonchev–Trinajstić information content (AvgIpc) is 2.63. The first-order valence-electron chi connectivity index (χ1n) is 4.40. The zero-order chi connectivity index (χ0) is 10.7. The van der Waals surface area contributed by atoms with Gasteiger partial charge in [0, 0.05) is 11.6 Å². The molecule has 0 aromatic heterocycles. The highest BCUT2D eigenvalue weighted by Gasteiger charge is 2.21. The number of benzene rings is 1. The molecule has 1 aromatic rings. The number of carbonyl (C=O) groups is 1.